The average molecular weight is 293 g/mol. The summed E-state index contributed by atoms with van der Waals surface area (Å²) in [6.07, 6.45) is 2.30. The van der Waals surface area contributed by atoms with E-state index in [4.69, 9.17) is 9.26 Å². The van der Waals surface area contributed by atoms with Crippen LogP contribution in [0.1, 0.15) is 48.5 Å². The number of aromatic nitrogens is 2. The minimum Gasteiger partial charge on any atom is -0.374 e. The fourth-order valence-corrected chi connectivity index (χ4v) is 3.49. The molecule has 2 aromatic rings. The van der Waals surface area contributed by atoms with E-state index in [1.807, 2.05) is 18.3 Å². The maximum atomic E-state index is 5.34. The van der Waals surface area contributed by atoms with Gasteiger partial charge in [0.25, 0.3) is 0 Å². The van der Waals surface area contributed by atoms with Crippen LogP contribution in [0.25, 0.3) is 0 Å². The average Bonchev–Trinajstić information content (AvgIpc) is 3.18. The lowest BCUT2D eigenvalue weighted by Crippen LogP contribution is -2.22. The van der Waals surface area contributed by atoms with Crippen molar-refractivity contribution in [2.75, 3.05) is 13.7 Å². The Labute approximate surface area is 122 Å². The quantitative estimate of drug-likeness (QED) is 0.847. The summed E-state index contributed by atoms with van der Waals surface area (Å²) >= 11 is 1.82. The monoisotopic (exact) mass is 293 g/mol. The standard InChI is InChI=1S/C14H19N3O2S/c1-10(18-2)14-15-13(19-16-14)9-17-7-3-5-11(17)12-6-4-8-20-12/h4,6,8,10-11H,3,5,7,9H2,1-2H3/t10-,11-/m1/s1. The van der Waals surface area contributed by atoms with Crippen LogP contribution in [0.4, 0.5) is 0 Å². The van der Waals surface area contributed by atoms with Gasteiger partial charge in [0.15, 0.2) is 5.82 Å². The Morgan fingerprint density at radius 2 is 2.50 bits per heavy atom. The van der Waals surface area contributed by atoms with Crippen LogP contribution in [-0.4, -0.2) is 28.7 Å². The highest BCUT2D eigenvalue weighted by atomic mass is 32.1. The Morgan fingerprint density at radius 3 is 3.25 bits per heavy atom. The molecule has 1 fully saturated rings. The van der Waals surface area contributed by atoms with Gasteiger partial charge in [0.1, 0.15) is 6.10 Å². The summed E-state index contributed by atoms with van der Waals surface area (Å²) in [5, 5.41) is 6.12. The first-order valence-electron chi connectivity index (χ1n) is 6.90. The number of rotatable bonds is 5. The Bertz CT molecular complexity index is 540. The highest BCUT2D eigenvalue weighted by Crippen LogP contribution is 2.35. The molecule has 0 saturated carbocycles. The summed E-state index contributed by atoms with van der Waals surface area (Å²) < 4.78 is 10.5. The topological polar surface area (TPSA) is 51.4 Å². The van der Waals surface area contributed by atoms with Gasteiger partial charge in [-0.25, -0.2) is 0 Å². The summed E-state index contributed by atoms with van der Waals surface area (Å²) in [6, 6.07) is 4.81. The maximum Gasteiger partial charge on any atom is 0.240 e. The van der Waals surface area contributed by atoms with Crippen LogP contribution < -0.4 is 0 Å². The molecule has 0 bridgehead atoms. The van der Waals surface area contributed by atoms with Crippen molar-refractivity contribution in [3.05, 3.63) is 34.1 Å². The Kier molecular flexibility index (Phi) is 4.14. The van der Waals surface area contributed by atoms with Gasteiger partial charge in [-0.3, -0.25) is 4.90 Å². The molecular formula is C14H19N3O2S. The van der Waals surface area contributed by atoms with Crippen molar-refractivity contribution in [3.63, 3.8) is 0 Å². The highest BCUT2D eigenvalue weighted by Gasteiger charge is 2.28. The summed E-state index contributed by atoms with van der Waals surface area (Å²) in [6.45, 7) is 3.71. The zero-order valence-electron chi connectivity index (χ0n) is 11.8. The second kappa shape index (κ2) is 6.03. The Hall–Kier alpha value is -1.24. The molecule has 3 rings (SSSR count). The number of hydrogen-bond acceptors (Lipinski definition) is 6. The van der Waals surface area contributed by atoms with Gasteiger partial charge in [-0.05, 0) is 37.8 Å². The van der Waals surface area contributed by atoms with E-state index in [0.717, 1.165) is 6.54 Å². The predicted octanol–water partition coefficient (Wildman–Crippen LogP) is 3.18. The molecule has 0 radical (unpaired) electrons. The molecule has 0 aliphatic carbocycles. The lowest BCUT2D eigenvalue weighted by molar-refractivity contribution is 0.109. The third-order valence-electron chi connectivity index (χ3n) is 3.77. The zero-order valence-corrected chi connectivity index (χ0v) is 12.6. The van der Waals surface area contributed by atoms with Gasteiger partial charge in [-0.1, -0.05) is 11.2 Å². The maximum absolute atomic E-state index is 5.34. The molecule has 5 nitrogen and oxygen atoms in total. The van der Waals surface area contributed by atoms with Crippen LogP contribution in [0.3, 0.4) is 0 Å². The third-order valence-corrected chi connectivity index (χ3v) is 4.75. The fourth-order valence-electron chi connectivity index (χ4n) is 2.59. The van der Waals surface area contributed by atoms with E-state index in [1.165, 1.54) is 17.7 Å². The van der Waals surface area contributed by atoms with E-state index < -0.39 is 0 Å². The van der Waals surface area contributed by atoms with Gasteiger partial charge in [-0.15, -0.1) is 11.3 Å². The molecule has 0 amide bonds. The van der Waals surface area contributed by atoms with E-state index >= 15 is 0 Å². The number of ether oxygens (including phenoxy) is 1. The van der Waals surface area contributed by atoms with Gasteiger partial charge >= 0.3 is 0 Å². The molecule has 6 heteroatoms. The van der Waals surface area contributed by atoms with Crippen molar-refractivity contribution >= 4 is 11.3 Å². The normalized spacial score (nSPS) is 21.4. The van der Waals surface area contributed by atoms with E-state index in [9.17, 15) is 0 Å². The smallest absolute Gasteiger partial charge is 0.240 e. The van der Waals surface area contributed by atoms with Gasteiger partial charge in [0, 0.05) is 18.0 Å². The first-order chi connectivity index (χ1) is 9.78. The van der Waals surface area contributed by atoms with Gasteiger partial charge in [0.2, 0.25) is 5.89 Å². The molecule has 0 N–H and O–H groups in total. The van der Waals surface area contributed by atoms with Gasteiger partial charge in [0.05, 0.1) is 6.54 Å². The number of thiophene rings is 1. The number of hydrogen-bond donors (Lipinski definition) is 0. The predicted molar refractivity (Wildman–Crippen MR) is 76.4 cm³/mol. The SMILES string of the molecule is CO[C@H](C)c1noc(CN2CCC[C@@H]2c2cccs2)n1. The van der Waals surface area contributed by atoms with Crippen molar-refractivity contribution in [3.8, 4) is 0 Å². The van der Waals surface area contributed by atoms with Crippen LogP contribution in [-0.2, 0) is 11.3 Å². The first kappa shape index (κ1) is 13.7. The molecule has 2 aromatic heterocycles. The van der Waals surface area contributed by atoms with Gasteiger partial charge < -0.3 is 9.26 Å². The molecule has 108 valence electrons. The molecule has 0 unspecified atom stereocenters. The molecule has 1 aliphatic rings. The number of likely N-dealkylation sites (tertiary alicyclic amines) is 1. The van der Waals surface area contributed by atoms with Crippen LogP contribution in [0.5, 0.6) is 0 Å². The largest absolute Gasteiger partial charge is 0.374 e. The van der Waals surface area contributed by atoms with Crippen molar-refractivity contribution in [1.29, 1.82) is 0 Å². The second-order valence-corrected chi connectivity index (χ2v) is 6.05. The molecule has 1 aliphatic heterocycles. The number of nitrogens with zero attached hydrogens (tertiary/aromatic N) is 3. The van der Waals surface area contributed by atoms with Crippen molar-refractivity contribution in [1.82, 2.24) is 15.0 Å². The highest BCUT2D eigenvalue weighted by molar-refractivity contribution is 7.10. The number of methoxy groups -OCH3 is 1. The molecule has 0 aromatic carbocycles. The molecule has 0 spiro atoms. The molecule has 3 heterocycles. The van der Waals surface area contributed by atoms with E-state index in [0.29, 0.717) is 24.3 Å². The van der Waals surface area contributed by atoms with E-state index in [2.05, 4.69) is 32.6 Å². The minimum atomic E-state index is -0.126. The zero-order chi connectivity index (χ0) is 13.9. The van der Waals surface area contributed by atoms with Crippen molar-refractivity contribution < 1.29 is 9.26 Å². The Balaban J connectivity index is 1.69. The van der Waals surface area contributed by atoms with E-state index in [1.54, 1.807) is 7.11 Å². The van der Waals surface area contributed by atoms with Crippen LogP contribution in [0, 0.1) is 0 Å². The first-order valence-corrected chi connectivity index (χ1v) is 7.78. The van der Waals surface area contributed by atoms with Crippen LogP contribution in [0.15, 0.2) is 22.0 Å². The molecule has 1 saturated heterocycles. The second-order valence-electron chi connectivity index (χ2n) is 5.07. The van der Waals surface area contributed by atoms with Crippen LogP contribution in [0.2, 0.25) is 0 Å². The van der Waals surface area contributed by atoms with Gasteiger partial charge in [-0.2, -0.15) is 4.98 Å². The third kappa shape index (κ3) is 2.77. The lowest BCUT2D eigenvalue weighted by Gasteiger charge is -2.21. The fraction of sp³-hybridized carbons (Fsp3) is 0.571. The minimum absolute atomic E-state index is 0.126. The van der Waals surface area contributed by atoms with E-state index in [-0.39, 0.29) is 6.10 Å². The van der Waals surface area contributed by atoms with Crippen molar-refractivity contribution in [2.24, 2.45) is 0 Å². The summed E-state index contributed by atoms with van der Waals surface area (Å²) in [5.41, 5.74) is 0. The molecule has 20 heavy (non-hydrogen) atoms. The van der Waals surface area contributed by atoms with Crippen LogP contribution >= 0.6 is 11.3 Å². The summed E-state index contributed by atoms with van der Waals surface area (Å²) in [7, 11) is 1.65. The lowest BCUT2D eigenvalue weighted by atomic mass is 10.2. The Morgan fingerprint density at radius 1 is 1.60 bits per heavy atom. The van der Waals surface area contributed by atoms with Crippen molar-refractivity contribution in [2.45, 2.75) is 38.5 Å². The molecular weight excluding hydrogens is 274 g/mol. The summed E-state index contributed by atoms with van der Waals surface area (Å²) in [5.74, 6) is 1.29. The summed E-state index contributed by atoms with van der Waals surface area (Å²) in [4.78, 5) is 8.26. The molecule has 2 atom stereocenters.